The van der Waals surface area contributed by atoms with Crippen molar-refractivity contribution >= 4 is 11.6 Å². The lowest BCUT2D eigenvalue weighted by molar-refractivity contribution is -0.193. The van der Waals surface area contributed by atoms with Crippen molar-refractivity contribution in [2.24, 2.45) is 22.7 Å². The molecular formula is C21H27FO6. The number of halogens is 1. The summed E-state index contributed by atoms with van der Waals surface area (Å²) >= 11 is 0. The SMILES string of the molecule is C[C@]12C(=O)C=C(O)C=C1CC[C@H]1[C@@H]3C[C@@H](O)[C@](O)(C(=O)CO)[C@@]3(C)CC[C@@]12F. The molecule has 4 N–H and O–H groups in total. The second-order valence-electron chi connectivity index (χ2n) is 9.36. The van der Waals surface area contributed by atoms with Gasteiger partial charge in [0.25, 0.3) is 0 Å². The van der Waals surface area contributed by atoms with E-state index in [0.29, 0.717) is 18.4 Å². The van der Waals surface area contributed by atoms with Crippen LogP contribution in [0, 0.1) is 22.7 Å². The number of carbonyl (C=O) groups is 2. The van der Waals surface area contributed by atoms with Crippen molar-refractivity contribution in [3.63, 3.8) is 0 Å². The number of hydrogen-bond donors (Lipinski definition) is 4. The van der Waals surface area contributed by atoms with Crippen LogP contribution in [-0.2, 0) is 9.59 Å². The van der Waals surface area contributed by atoms with E-state index in [1.807, 2.05) is 0 Å². The van der Waals surface area contributed by atoms with E-state index in [9.17, 15) is 30.0 Å². The first-order valence-corrected chi connectivity index (χ1v) is 9.86. The molecule has 154 valence electrons. The zero-order chi connectivity index (χ0) is 20.7. The topological polar surface area (TPSA) is 115 Å². The van der Waals surface area contributed by atoms with Gasteiger partial charge >= 0.3 is 0 Å². The molecule has 3 saturated carbocycles. The lowest BCUT2D eigenvalue weighted by Crippen LogP contribution is -2.66. The maximum absolute atomic E-state index is 16.7. The van der Waals surface area contributed by atoms with Crippen LogP contribution in [0.4, 0.5) is 4.39 Å². The van der Waals surface area contributed by atoms with E-state index in [4.69, 9.17) is 0 Å². The molecule has 0 unspecified atom stereocenters. The Morgan fingerprint density at radius 1 is 1.25 bits per heavy atom. The molecule has 7 atom stereocenters. The molecule has 0 heterocycles. The molecular weight excluding hydrogens is 367 g/mol. The fourth-order valence-electron chi connectivity index (χ4n) is 6.85. The number of hydrogen-bond acceptors (Lipinski definition) is 6. The van der Waals surface area contributed by atoms with Crippen molar-refractivity contribution in [3.05, 3.63) is 23.5 Å². The van der Waals surface area contributed by atoms with Crippen molar-refractivity contribution in [1.82, 2.24) is 0 Å². The molecule has 0 aliphatic heterocycles. The number of alkyl halides is 1. The van der Waals surface area contributed by atoms with Crippen LogP contribution in [0.15, 0.2) is 23.5 Å². The molecule has 28 heavy (non-hydrogen) atoms. The van der Waals surface area contributed by atoms with Crippen LogP contribution in [0.3, 0.4) is 0 Å². The number of aliphatic hydroxyl groups is 4. The van der Waals surface area contributed by atoms with Gasteiger partial charge < -0.3 is 20.4 Å². The number of allylic oxidation sites excluding steroid dienone is 3. The molecule has 4 aliphatic carbocycles. The third kappa shape index (κ3) is 1.97. The summed E-state index contributed by atoms with van der Waals surface area (Å²) in [6, 6.07) is 0. The third-order valence-electron chi connectivity index (χ3n) is 8.59. The average molecular weight is 394 g/mol. The summed E-state index contributed by atoms with van der Waals surface area (Å²) < 4.78 is 16.7. The Morgan fingerprint density at radius 3 is 2.57 bits per heavy atom. The lowest BCUT2D eigenvalue weighted by Gasteiger charge is -2.60. The Morgan fingerprint density at radius 2 is 1.93 bits per heavy atom. The summed E-state index contributed by atoms with van der Waals surface area (Å²) in [6.07, 6.45) is 2.07. The number of carbonyl (C=O) groups excluding carboxylic acids is 2. The Bertz CT molecular complexity index is 820. The Labute approximate surface area is 162 Å². The maximum atomic E-state index is 16.7. The fraction of sp³-hybridized carbons (Fsp3) is 0.714. The standard InChI is InChI=1S/C21H27FO6/c1-18-5-6-20(22)13(14(18)9-16(26)21(18,28)17(27)10-23)4-3-11-7-12(24)8-15(25)19(11,20)2/h7-8,13-14,16,23-24,26,28H,3-6,9-10H2,1-2H3/t13-,14-,16+,18-,19+,20+,21-/m0/s1. The second-order valence-corrected chi connectivity index (χ2v) is 9.36. The number of ketones is 2. The highest BCUT2D eigenvalue weighted by Gasteiger charge is 2.74. The average Bonchev–Trinajstić information content (AvgIpc) is 2.85. The van der Waals surface area contributed by atoms with Gasteiger partial charge in [0.1, 0.15) is 18.0 Å². The molecule has 0 aromatic heterocycles. The molecule has 0 spiro atoms. The molecule has 0 amide bonds. The highest BCUT2D eigenvalue weighted by atomic mass is 19.1. The Hall–Kier alpha value is -1.57. The van der Waals surface area contributed by atoms with Crippen molar-refractivity contribution in [1.29, 1.82) is 0 Å². The number of aliphatic hydroxyl groups excluding tert-OH is 3. The minimum absolute atomic E-state index is 0.0412. The fourth-order valence-corrected chi connectivity index (χ4v) is 6.85. The van der Waals surface area contributed by atoms with Crippen LogP contribution >= 0.6 is 0 Å². The van der Waals surface area contributed by atoms with E-state index < -0.39 is 58.2 Å². The summed E-state index contributed by atoms with van der Waals surface area (Å²) in [5.41, 5.74) is -5.95. The summed E-state index contributed by atoms with van der Waals surface area (Å²) in [5.74, 6) is -2.62. The van der Waals surface area contributed by atoms with Crippen LogP contribution < -0.4 is 0 Å². The smallest absolute Gasteiger partial charge is 0.192 e. The normalized spacial score (nSPS) is 50.2. The molecule has 0 bridgehead atoms. The van der Waals surface area contributed by atoms with Gasteiger partial charge in [-0.25, -0.2) is 4.39 Å². The third-order valence-corrected chi connectivity index (χ3v) is 8.59. The van der Waals surface area contributed by atoms with Gasteiger partial charge in [0.05, 0.1) is 11.5 Å². The Kier molecular flexibility index (Phi) is 4.04. The maximum Gasteiger partial charge on any atom is 0.192 e. The van der Waals surface area contributed by atoms with Crippen LogP contribution in [-0.4, -0.2) is 56.0 Å². The predicted octanol–water partition coefficient (Wildman–Crippen LogP) is 1.54. The molecule has 0 saturated heterocycles. The van der Waals surface area contributed by atoms with Gasteiger partial charge in [-0.3, -0.25) is 9.59 Å². The minimum Gasteiger partial charge on any atom is -0.508 e. The molecule has 4 aliphatic rings. The van der Waals surface area contributed by atoms with E-state index in [1.165, 1.54) is 6.08 Å². The number of rotatable bonds is 2. The zero-order valence-corrected chi connectivity index (χ0v) is 16.1. The van der Waals surface area contributed by atoms with E-state index in [1.54, 1.807) is 13.8 Å². The van der Waals surface area contributed by atoms with Gasteiger partial charge in [-0.15, -0.1) is 0 Å². The van der Waals surface area contributed by atoms with Gasteiger partial charge in [-0.05, 0) is 62.5 Å². The largest absolute Gasteiger partial charge is 0.508 e. The molecule has 0 aromatic carbocycles. The summed E-state index contributed by atoms with van der Waals surface area (Å²) in [5, 5.41) is 40.9. The number of Topliss-reactive ketones (excluding diaryl/α,β-unsaturated/α-hetero) is 1. The first-order valence-electron chi connectivity index (χ1n) is 9.86. The highest BCUT2D eigenvalue weighted by molar-refractivity contribution is 6.00. The van der Waals surface area contributed by atoms with Gasteiger partial charge in [0.15, 0.2) is 17.2 Å². The van der Waals surface area contributed by atoms with Gasteiger partial charge in [-0.2, -0.15) is 0 Å². The molecule has 7 heteroatoms. The van der Waals surface area contributed by atoms with Crippen molar-refractivity contribution in [2.75, 3.05) is 6.61 Å². The van der Waals surface area contributed by atoms with E-state index in [-0.39, 0.29) is 25.0 Å². The van der Waals surface area contributed by atoms with Gasteiger partial charge in [0.2, 0.25) is 0 Å². The Balaban J connectivity index is 1.80. The van der Waals surface area contributed by atoms with E-state index >= 15 is 4.39 Å². The van der Waals surface area contributed by atoms with Gasteiger partial charge in [0, 0.05) is 11.5 Å². The van der Waals surface area contributed by atoms with Gasteiger partial charge in [-0.1, -0.05) is 6.92 Å². The van der Waals surface area contributed by atoms with Crippen molar-refractivity contribution < 1.29 is 34.4 Å². The number of fused-ring (bicyclic) bond motifs is 5. The quantitative estimate of drug-likeness (QED) is 0.565. The molecule has 0 aromatic rings. The summed E-state index contributed by atoms with van der Waals surface area (Å²) in [6.45, 7) is 2.37. The summed E-state index contributed by atoms with van der Waals surface area (Å²) in [7, 11) is 0. The van der Waals surface area contributed by atoms with E-state index in [0.717, 1.165) is 6.08 Å². The minimum atomic E-state index is -2.13. The second kappa shape index (κ2) is 5.74. The van der Waals surface area contributed by atoms with E-state index in [2.05, 4.69) is 0 Å². The first-order chi connectivity index (χ1) is 13.0. The molecule has 0 radical (unpaired) electrons. The van der Waals surface area contributed by atoms with Crippen LogP contribution in [0.5, 0.6) is 0 Å². The predicted molar refractivity (Wildman–Crippen MR) is 97.0 cm³/mol. The highest BCUT2D eigenvalue weighted by Crippen LogP contribution is 2.69. The first kappa shape index (κ1) is 19.7. The van der Waals surface area contributed by atoms with Crippen molar-refractivity contribution in [2.45, 2.75) is 63.3 Å². The van der Waals surface area contributed by atoms with Crippen molar-refractivity contribution in [3.8, 4) is 0 Å². The monoisotopic (exact) mass is 394 g/mol. The lowest BCUT2D eigenvalue weighted by atomic mass is 9.45. The zero-order valence-electron chi connectivity index (χ0n) is 16.1. The molecule has 3 fully saturated rings. The molecule has 6 nitrogen and oxygen atoms in total. The van der Waals surface area contributed by atoms with Crippen LogP contribution in [0.1, 0.15) is 46.0 Å². The van der Waals surface area contributed by atoms with Crippen LogP contribution in [0.2, 0.25) is 0 Å². The molecule has 4 rings (SSSR count). The van der Waals surface area contributed by atoms with Crippen LogP contribution in [0.25, 0.3) is 0 Å². The summed E-state index contributed by atoms with van der Waals surface area (Å²) in [4.78, 5) is 25.2.